The lowest BCUT2D eigenvalue weighted by atomic mass is 10.2. The van der Waals surface area contributed by atoms with Crippen LogP contribution in [-0.4, -0.2) is 9.55 Å². The van der Waals surface area contributed by atoms with Gasteiger partial charge in [-0.05, 0) is 20.3 Å². The van der Waals surface area contributed by atoms with E-state index in [1.54, 1.807) is 0 Å². The second-order valence-electron chi connectivity index (χ2n) is 3.85. The summed E-state index contributed by atoms with van der Waals surface area (Å²) in [7, 11) is 0. The molecule has 0 radical (unpaired) electrons. The van der Waals surface area contributed by atoms with Crippen LogP contribution in [0, 0.1) is 11.3 Å². The number of nitriles is 1. The van der Waals surface area contributed by atoms with Crippen molar-refractivity contribution in [1.82, 2.24) is 9.55 Å². The number of aryl methyl sites for hydroxylation is 1. The van der Waals surface area contributed by atoms with E-state index in [0.717, 1.165) is 25.1 Å². The molecule has 0 saturated heterocycles. The van der Waals surface area contributed by atoms with E-state index >= 15 is 0 Å². The fourth-order valence-electron chi connectivity index (χ4n) is 1.62. The summed E-state index contributed by atoms with van der Waals surface area (Å²) in [5, 5.41) is 9.32. The van der Waals surface area contributed by atoms with Gasteiger partial charge < -0.3 is 4.57 Å². The molecule has 0 atom stereocenters. The SMILES string of the molecule is CCCCc1nc(Cl)c(C#N)n1C(C)C. The largest absolute Gasteiger partial charge is 0.316 e. The van der Waals surface area contributed by atoms with Crippen LogP contribution >= 0.6 is 11.6 Å². The van der Waals surface area contributed by atoms with Crippen LogP contribution in [0.1, 0.15) is 51.2 Å². The van der Waals surface area contributed by atoms with Crippen LogP contribution in [0.2, 0.25) is 5.15 Å². The Bertz CT molecular complexity index is 374. The summed E-state index contributed by atoms with van der Waals surface area (Å²) in [4.78, 5) is 4.25. The van der Waals surface area contributed by atoms with Crippen LogP contribution in [0.5, 0.6) is 0 Å². The molecule has 82 valence electrons. The van der Waals surface area contributed by atoms with Gasteiger partial charge in [-0.3, -0.25) is 0 Å². The molecule has 0 fully saturated rings. The van der Waals surface area contributed by atoms with Gasteiger partial charge in [0.2, 0.25) is 0 Å². The van der Waals surface area contributed by atoms with Crippen molar-refractivity contribution in [1.29, 1.82) is 5.26 Å². The lowest BCUT2D eigenvalue weighted by Crippen LogP contribution is -2.08. The zero-order valence-corrected chi connectivity index (χ0v) is 10.2. The number of aromatic nitrogens is 2. The first-order chi connectivity index (χ1) is 7.11. The minimum Gasteiger partial charge on any atom is -0.316 e. The standard InChI is InChI=1S/C11H16ClN3/c1-4-5-6-10-14-11(12)9(7-13)15(10)8(2)3/h8H,4-6H2,1-3H3. The highest BCUT2D eigenvalue weighted by Gasteiger charge is 2.16. The summed E-state index contributed by atoms with van der Waals surface area (Å²) in [5.41, 5.74) is 0.484. The molecular formula is C11H16ClN3. The molecule has 0 saturated carbocycles. The summed E-state index contributed by atoms with van der Waals surface area (Å²) in [6.07, 6.45) is 3.07. The Kier molecular flexibility index (Phi) is 4.16. The third-order valence-electron chi connectivity index (χ3n) is 2.32. The molecule has 0 bridgehead atoms. The number of rotatable bonds is 4. The number of imidazole rings is 1. The Morgan fingerprint density at radius 3 is 2.67 bits per heavy atom. The Balaban J connectivity index is 3.11. The van der Waals surface area contributed by atoms with E-state index in [1.807, 2.05) is 18.4 Å². The highest BCUT2D eigenvalue weighted by atomic mass is 35.5. The van der Waals surface area contributed by atoms with Gasteiger partial charge >= 0.3 is 0 Å². The fourth-order valence-corrected chi connectivity index (χ4v) is 1.85. The van der Waals surface area contributed by atoms with Crippen molar-refractivity contribution in [2.45, 2.75) is 46.1 Å². The first kappa shape index (κ1) is 12.1. The third-order valence-corrected chi connectivity index (χ3v) is 2.58. The quantitative estimate of drug-likeness (QED) is 0.789. The van der Waals surface area contributed by atoms with Crippen LogP contribution in [0.15, 0.2) is 0 Å². The van der Waals surface area contributed by atoms with Gasteiger partial charge in [-0.1, -0.05) is 24.9 Å². The smallest absolute Gasteiger partial charge is 0.165 e. The van der Waals surface area contributed by atoms with E-state index < -0.39 is 0 Å². The van der Waals surface area contributed by atoms with Crippen molar-refractivity contribution in [3.05, 3.63) is 16.7 Å². The maximum absolute atomic E-state index is 8.99. The van der Waals surface area contributed by atoms with E-state index in [1.165, 1.54) is 0 Å². The molecule has 0 N–H and O–H groups in total. The molecule has 1 heterocycles. The Labute approximate surface area is 95.7 Å². The van der Waals surface area contributed by atoms with E-state index in [-0.39, 0.29) is 6.04 Å². The zero-order chi connectivity index (χ0) is 11.4. The molecule has 0 aromatic carbocycles. The van der Waals surface area contributed by atoms with Crippen molar-refractivity contribution < 1.29 is 0 Å². The first-order valence-corrected chi connectivity index (χ1v) is 5.66. The molecule has 1 rings (SSSR count). The van der Waals surface area contributed by atoms with Crippen LogP contribution in [0.4, 0.5) is 0 Å². The van der Waals surface area contributed by atoms with Crippen molar-refractivity contribution in [2.75, 3.05) is 0 Å². The van der Waals surface area contributed by atoms with Crippen LogP contribution < -0.4 is 0 Å². The summed E-state index contributed by atoms with van der Waals surface area (Å²) in [6.45, 7) is 6.21. The predicted molar refractivity (Wildman–Crippen MR) is 60.9 cm³/mol. The highest BCUT2D eigenvalue weighted by molar-refractivity contribution is 6.30. The van der Waals surface area contributed by atoms with E-state index in [0.29, 0.717) is 10.8 Å². The number of nitrogens with zero attached hydrogens (tertiary/aromatic N) is 3. The maximum atomic E-state index is 8.99. The number of halogens is 1. The van der Waals surface area contributed by atoms with Crippen molar-refractivity contribution in [3.63, 3.8) is 0 Å². The van der Waals surface area contributed by atoms with Crippen molar-refractivity contribution in [3.8, 4) is 6.07 Å². The maximum Gasteiger partial charge on any atom is 0.165 e. The molecule has 0 amide bonds. The van der Waals surface area contributed by atoms with Gasteiger partial charge in [-0.25, -0.2) is 4.98 Å². The van der Waals surface area contributed by atoms with Crippen LogP contribution in [0.3, 0.4) is 0 Å². The van der Waals surface area contributed by atoms with Gasteiger partial charge in [0.15, 0.2) is 10.8 Å². The second kappa shape index (κ2) is 5.18. The average molecular weight is 226 g/mol. The monoisotopic (exact) mass is 225 g/mol. The Morgan fingerprint density at radius 1 is 1.53 bits per heavy atom. The predicted octanol–water partition coefficient (Wildman–Crippen LogP) is 3.33. The average Bonchev–Trinajstić information content (AvgIpc) is 2.51. The molecule has 3 nitrogen and oxygen atoms in total. The highest BCUT2D eigenvalue weighted by Crippen LogP contribution is 2.22. The molecule has 1 aromatic heterocycles. The first-order valence-electron chi connectivity index (χ1n) is 5.28. The van der Waals surface area contributed by atoms with Gasteiger partial charge in [-0.15, -0.1) is 0 Å². The third kappa shape index (κ3) is 2.51. The Hall–Kier alpha value is -1.01. The minimum atomic E-state index is 0.228. The molecule has 4 heteroatoms. The van der Waals surface area contributed by atoms with Crippen LogP contribution in [-0.2, 0) is 6.42 Å². The lowest BCUT2D eigenvalue weighted by Gasteiger charge is -2.12. The molecule has 0 aliphatic carbocycles. The van der Waals surface area contributed by atoms with Gasteiger partial charge in [-0.2, -0.15) is 5.26 Å². The molecule has 0 aliphatic heterocycles. The normalized spacial score (nSPS) is 10.7. The summed E-state index contributed by atoms with van der Waals surface area (Å²) >= 11 is 5.92. The summed E-state index contributed by atoms with van der Waals surface area (Å²) < 4.78 is 1.93. The molecule has 0 aliphatic rings. The Morgan fingerprint density at radius 2 is 2.20 bits per heavy atom. The van der Waals surface area contributed by atoms with Crippen LogP contribution in [0.25, 0.3) is 0 Å². The van der Waals surface area contributed by atoms with E-state index in [4.69, 9.17) is 16.9 Å². The zero-order valence-electron chi connectivity index (χ0n) is 9.42. The summed E-state index contributed by atoms with van der Waals surface area (Å²) in [6, 6.07) is 2.34. The number of unbranched alkanes of at least 4 members (excludes halogenated alkanes) is 1. The molecule has 0 unspecified atom stereocenters. The molecule has 15 heavy (non-hydrogen) atoms. The van der Waals surface area contributed by atoms with Gasteiger partial charge in [0.05, 0.1) is 0 Å². The minimum absolute atomic E-state index is 0.228. The second-order valence-corrected chi connectivity index (χ2v) is 4.20. The molecule has 0 spiro atoms. The van der Waals surface area contributed by atoms with Gasteiger partial charge in [0.1, 0.15) is 11.9 Å². The fraction of sp³-hybridized carbons (Fsp3) is 0.636. The topological polar surface area (TPSA) is 41.6 Å². The van der Waals surface area contributed by atoms with Gasteiger partial charge in [0, 0.05) is 12.5 Å². The number of hydrogen-bond acceptors (Lipinski definition) is 2. The van der Waals surface area contributed by atoms with Crippen molar-refractivity contribution >= 4 is 11.6 Å². The number of hydrogen-bond donors (Lipinski definition) is 0. The summed E-state index contributed by atoms with van der Waals surface area (Å²) in [5.74, 6) is 0.924. The van der Waals surface area contributed by atoms with Gasteiger partial charge in [0.25, 0.3) is 0 Å². The van der Waals surface area contributed by atoms with E-state index in [9.17, 15) is 0 Å². The van der Waals surface area contributed by atoms with Crippen molar-refractivity contribution in [2.24, 2.45) is 0 Å². The molecular weight excluding hydrogens is 210 g/mol. The van der Waals surface area contributed by atoms with E-state index in [2.05, 4.69) is 18.0 Å². The lowest BCUT2D eigenvalue weighted by molar-refractivity contribution is 0.554. The molecule has 1 aromatic rings.